The number of carbonyl (C=O) groups excluding carboxylic acids is 5. The number of unbranched alkanes of at least 4 members (excludes halogenated alkanes) is 6. The van der Waals surface area contributed by atoms with E-state index in [4.69, 9.17) is 13.8 Å². The van der Waals surface area contributed by atoms with Gasteiger partial charge in [-0.1, -0.05) is 25.7 Å². The Morgan fingerprint density at radius 2 is 1.59 bits per heavy atom. The Bertz CT molecular complexity index is 2060. The molecule has 0 bridgehead atoms. The van der Waals surface area contributed by atoms with Crippen LogP contribution in [0.3, 0.4) is 0 Å². The Labute approximate surface area is 386 Å². The Hall–Kier alpha value is -3.80. The van der Waals surface area contributed by atoms with E-state index in [1.165, 1.54) is 23.2 Å². The number of amides is 5. The van der Waals surface area contributed by atoms with Crippen LogP contribution < -0.4 is 27.2 Å². The van der Waals surface area contributed by atoms with Gasteiger partial charge in [-0.3, -0.25) is 56.8 Å². The summed E-state index contributed by atoms with van der Waals surface area (Å²) in [7, 11) is -7.05. The van der Waals surface area contributed by atoms with Gasteiger partial charge in [-0.2, -0.15) is 0 Å². The molecule has 2 aliphatic rings. The third kappa shape index (κ3) is 21.0. The van der Waals surface area contributed by atoms with E-state index >= 15 is 0 Å². The zero-order valence-corrected chi connectivity index (χ0v) is 39.9. The molecule has 0 radical (unpaired) electrons. The fourth-order valence-corrected chi connectivity index (χ4v) is 8.74. The average molecular weight is 995 g/mol. The van der Waals surface area contributed by atoms with E-state index in [1.54, 1.807) is 0 Å². The molecule has 1 aromatic heterocycles. The molecule has 1 fully saturated rings. The van der Waals surface area contributed by atoms with Crippen LogP contribution in [0.2, 0.25) is 0 Å². The first-order valence-electron chi connectivity index (χ1n) is 21.8. The Morgan fingerprint density at radius 1 is 0.939 bits per heavy atom. The molecule has 3 rings (SSSR count). The quantitative estimate of drug-likeness (QED) is 0.0214. The van der Waals surface area contributed by atoms with E-state index in [0.717, 1.165) is 49.0 Å². The fourth-order valence-electron chi connectivity index (χ4n) is 6.68. The highest BCUT2D eigenvalue weighted by Gasteiger charge is 2.41. The summed E-state index contributed by atoms with van der Waals surface area (Å²) in [6.07, 6.45) is 8.56. The third-order valence-electron chi connectivity index (χ3n) is 10.3. The van der Waals surface area contributed by atoms with Crippen LogP contribution in [0.4, 0.5) is 0 Å². The first-order valence-corrected chi connectivity index (χ1v) is 26.3. The number of imide groups is 1. The predicted octanol–water partition coefficient (Wildman–Crippen LogP) is 1.42. The Kier molecular flexibility index (Phi) is 25.0. The van der Waals surface area contributed by atoms with Gasteiger partial charge in [0.25, 0.3) is 17.4 Å². The van der Waals surface area contributed by atoms with Gasteiger partial charge in [-0.25, -0.2) is 9.36 Å². The number of phosphoric acid groups is 1. The second kappa shape index (κ2) is 29.2. The normalized spacial score (nSPS) is 19.7. The van der Waals surface area contributed by atoms with Crippen LogP contribution in [0.25, 0.3) is 6.08 Å². The van der Waals surface area contributed by atoms with Crippen molar-refractivity contribution in [2.45, 2.75) is 102 Å². The van der Waals surface area contributed by atoms with Crippen LogP contribution in [0, 0.1) is 5.92 Å². The molecule has 0 saturated carbocycles. The maximum Gasteiger partial charge on any atom is 0.472 e. The highest BCUT2D eigenvalue weighted by Crippen LogP contribution is 2.47. The number of carbonyl (C=O) groups is 5. The number of nitrogens with zero attached hydrogens (tertiary/aromatic N) is 2. The lowest BCUT2D eigenvalue weighted by molar-refractivity contribution is -0.137. The van der Waals surface area contributed by atoms with Crippen LogP contribution in [-0.2, 0) is 51.4 Å². The van der Waals surface area contributed by atoms with E-state index < -0.39 is 69.4 Å². The minimum absolute atomic E-state index is 0.00822. The monoisotopic (exact) mass is 994 g/mol. The minimum atomic E-state index is -4.43. The molecule has 1 saturated heterocycles. The van der Waals surface area contributed by atoms with Crippen molar-refractivity contribution < 1.29 is 71.4 Å². The summed E-state index contributed by atoms with van der Waals surface area (Å²) in [5.74, 6) is -1.52. The van der Waals surface area contributed by atoms with Crippen LogP contribution in [0.5, 0.6) is 0 Å². The van der Waals surface area contributed by atoms with E-state index in [-0.39, 0.29) is 60.8 Å². The lowest BCUT2D eigenvalue weighted by atomic mass is 10.0. The number of H-pyrrole nitrogens is 1. The standard InChI is InChI=1S/C40H64N6O17P2S/c1-60-65(58,59)63-30-22-37(62-31(30)26-48)46-24-29(38(53)44-40(46)55)14-15-34(50)42-17-8-3-4-9-18-43-35(51)16-21-66-32-23-36(52)45(39(32)54)20-11-5-6-13-33(49)41-19-10-7-12-28(25-47)27-61-64(2,56)57/h14-15,23-24,28,30-31,37,47-48H,3-13,16-22,25-27H2,1-2H3,(H,41,49)(H,42,50)(H,43,51)(H,56,57)(H,58,59)(H,44,53,55)/b15-14+/t28?,30?,31-,37-/m1/s1. The summed E-state index contributed by atoms with van der Waals surface area (Å²) in [6.45, 7) is 1.82. The van der Waals surface area contributed by atoms with Gasteiger partial charge in [0.1, 0.15) is 18.4 Å². The number of hydrogen-bond acceptors (Lipinski definition) is 16. The molecule has 1 aromatic rings. The Balaban J connectivity index is 1.21. The van der Waals surface area contributed by atoms with Crippen molar-refractivity contribution in [3.05, 3.63) is 49.7 Å². The van der Waals surface area contributed by atoms with Crippen molar-refractivity contribution in [1.29, 1.82) is 0 Å². The maximum atomic E-state index is 12.8. The number of ether oxygens (including phenoxy) is 1. The lowest BCUT2D eigenvalue weighted by Crippen LogP contribution is -2.33. The van der Waals surface area contributed by atoms with E-state index in [2.05, 4.69) is 25.5 Å². The van der Waals surface area contributed by atoms with Crippen LogP contribution in [0.15, 0.2) is 32.8 Å². The van der Waals surface area contributed by atoms with Crippen LogP contribution in [-0.4, -0.2) is 142 Å². The number of rotatable bonds is 33. The molecular weight excluding hydrogens is 930 g/mol. The maximum absolute atomic E-state index is 12.8. The molecule has 66 heavy (non-hydrogen) atoms. The van der Waals surface area contributed by atoms with Gasteiger partial charge in [-0.05, 0) is 44.6 Å². The molecule has 2 aliphatic heterocycles. The molecule has 5 amide bonds. The van der Waals surface area contributed by atoms with Crippen molar-refractivity contribution in [1.82, 2.24) is 30.4 Å². The second-order valence-electron chi connectivity index (χ2n) is 15.7. The summed E-state index contributed by atoms with van der Waals surface area (Å²) < 4.78 is 44.1. The SMILES string of the molecule is COP(=O)(O)OC1C[C@H](n2cc(/C=C/C(=O)NCCCCCCNC(=O)CCSC3=CC(=O)N(CCCCCC(=O)NCCCCC(CO)COP(C)(=O)O)C3=O)c(=O)[nH]c2=O)O[C@@H]1CO. The molecule has 0 aromatic carbocycles. The molecule has 26 heteroatoms. The molecule has 0 spiro atoms. The predicted molar refractivity (Wildman–Crippen MR) is 242 cm³/mol. The number of thioether (sulfide) groups is 1. The molecule has 372 valence electrons. The van der Waals surface area contributed by atoms with Gasteiger partial charge in [0.15, 0.2) is 0 Å². The molecule has 23 nitrogen and oxygen atoms in total. The van der Waals surface area contributed by atoms with E-state index in [9.17, 15) is 62.7 Å². The van der Waals surface area contributed by atoms with Crippen LogP contribution >= 0.6 is 27.2 Å². The molecule has 8 N–H and O–H groups in total. The van der Waals surface area contributed by atoms with Gasteiger partial charge >= 0.3 is 21.1 Å². The molecular formula is C40H64N6O17P2S. The van der Waals surface area contributed by atoms with Crippen molar-refractivity contribution >= 4 is 62.8 Å². The van der Waals surface area contributed by atoms with Gasteiger partial charge in [0.05, 0.1) is 23.7 Å². The number of aliphatic hydroxyl groups is 2. The smallest absolute Gasteiger partial charge is 0.396 e. The van der Waals surface area contributed by atoms with Crippen molar-refractivity contribution in [3.8, 4) is 0 Å². The van der Waals surface area contributed by atoms with Gasteiger partial charge in [-0.15, -0.1) is 11.8 Å². The number of aromatic nitrogens is 2. The highest BCUT2D eigenvalue weighted by molar-refractivity contribution is 8.04. The summed E-state index contributed by atoms with van der Waals surface area (Å²) in [4.78, 5) is 110. The summed E-state index contributed by atoms with van der Waals surface area (Å²) in [5.41, 5.74) is -1.65. The zero-order chi connectivity index (χ0) is 48.7. The van der Waals surface area contributed by atoms with E-state index in [0.29, 0.717) is 83.2 Å². The number of hydrogen-bond donors (Lipinski definition) is 8. The van der Waals surface area contributed by atoms with Crippen molar-refractivity contribution in [2.75, 3.05) is 65.5 Å². The first kappa shape index (κ1) is 56.5. The first-order chi connectivity index (χ1) is 31.4. The molecule has 3 heterocycles. The summed E-state index contributed by atoms with van der Waals surface area (Å²) in [6, 6.07) is 0. The van der Waals surface area contributed by atoms with Crippen molar-refractivity contribution in [2.24, 2.45) is 5.92 Å². The summed E-state index contributed by atoms with van der Waals surface area (Å²) in [5, 5.41) is 27.4. The number of aliphatic hydroxyl groups excluding tert-OH is 2. The summed E-state index contributed by atoms with van der Waals surface area (Å²) >= 11 is 1.15. The number of nitrogens with one attached hydrogen (secondary N) is 4. The largest absolute Gasteiger partial charge is 0.472 e. The number of aromatic amines is 1. The van der Waals surface area contributed by atoms with E-state index in [1.807, 2.05) is 0 Å². The highest BCUT2D eigenvalue weighted by atomic mass is 32.2. The Morgan fingerprint density at radius 3 is 2.24 bits per heavy atom. The topological polar surface area (TPSA) is 332 Å². The van der Waals surface area contributed by atoms with Gasteiger partial charge < -0.3 is 45.2 Å². The molecule has 4 unspecified atom stereocenters. The number of phosphoric ester groups is 1. The van der Waals surface area contributed by atoms with Crippen molar-refractivity contribution in [3.63, 3.8) is 0 Å². The second-order valence-corrected chi connectivity index (χ2v) is 20.2. The molecule has 0 aliphatic carbocycles. The third-order valence-corrected chi connectivity index (χ3v) is 13.0. The van der Waals surface area contributed by atoms with Crippen LogP contribution in [0.1, 0.15) is 95.3 Å². The minimum Gasteiger partial charge on any atom is -0.396 e. The fraction of sp³-hybridized carbons (Fsp3) is 0.675. The average Bonchev–Trinajstić information content (AvgIpc) is 3.78. The lowest BCUT2D eigenvalue weighted by Gasteiger charge is -2.18. The molecule has 6 atom stereocenters. The van der Waals surface area contributed by atoms with Gasteiger partial charge in [0.2, 0.25) is 17.7 Å². The zero-order valence-electron chi connectivity index (χ0n) is 37.3. The van der Waals surface area contributed by atoms with Gasteiger partial charge in [0, 0.05) is 95.8 Å².